The highest BCUT2D eigenvalue weighted by Crippen LogP contribution is 2.02. The summed E-state index contributed by atoms with van der Waals surface area (Å²) in [7, 11) is 0. The number of rotatable bonds is 0. The zero-order valence-electron chi connectivity index (χ0n) is 4.81. The van der Waals surface area contributed by atoms with Crippen LogP contribution in [-0.2, 0) is 0 Å². The third-order valence-corrected chi connectivity index (χ3v) is 0.979. The molecule has 0 aromatic heterocycles. The van der Waals surface area contributed by atoms with Gasteiger partial charge in [0.05, 0.1) is 0 Å². The van der Waals surface area contributed by atoms with E-state index in [1.54, 1.807) is 0 Å². The number of dihydropyridines is 1. The van der Waals surface area contributed by atoms with Gasteiger partial charge in [-0.1, -0.05) is 0 Å². The van der Waals surface area contributed by atoms with Crippen LogP contribution in [0.4, 0.5) is 0 Å². The minimum atomic E-state index is 0.713. The van der Waals surface area contributed by atoms with Gasteiger partial charge in [-0.25, -0.2) is 0 Å². The molecular weight excluding hydrogens is 100 g/mol. The molecule has 2 nitrogen and oxygen atoms in total. The second-order valence-electron chi connectivity index (χ2n) is 1.82. The second kappa shape index (κ2) is 2.01. The molecular formula is C6H9N2. The molecule has 0 fully saturated rings. The van der Waals surface area contributed by atoms with Gasteiger partial charge in [-0.05, 0) is 30.8 Å². The van der Waals surface area contributed by atoms with E-state index in [0.717, 1.165) is 0 Å². The monoisotopic (exact) mass is 109 g/mol. The maximum absolute atomic E-state index is 5.40. The molecule has 0 unspecified atom stereocenters. The summed E-state index contributed by atoms with van der Waals surface area (Å²) < 4.78 is 0. The van der Waals surface area contributed by atoms with Crippen LogP contribution in [0.15, 0.2) is 23.9 Å². The number of hydrogen-bond donors (Lipinski definition) is 2. The molecule has 1 rings (SSSR count). The van der Waals surface area contributed by atoms with E-state index in [9.17, 15) is 0 Å². The number of nitrogens with one attached hydrogen (secondary N) is 1. The average Bonchev–Trinajstić information content (AvgIpc) is 1.64. The number of nitrogens with two attached hydrogens (primary N) is 1. The lowest BCUT2D eigenvalue weighted by Gasteiger charge is -2.09. The Labute approximate surface area is 49.1 Å². The molecule has 0 bridgehead atoms. The normalized spacial score (nSPS) is 20.0. The van der Waals surface area contributed by atoms with Crippen molar-refractivity contribution in [2.75, 3.05) is 0 Å². The lowest BCUT2D eigenvalue weighted by molar-refractivity contribution is 0.886. The van der Waals surface area contributed by atoms with E-state index in [2.05, 4.69) is 5.32 Å². The minimum Gasteiger partial charge on any atom is -0.367 e. The Morgan fingerprint density at radius 3 is 2.75 bits per heavy atom. The van der Waals surface area contributed by atoms with Crippen LogP contribution >= 0.6 is 0 Å². The SMILES string of the molecule is CC1=C[C](N)NC=C1. The lowest BCUT2D eigenvalue weighted by Crippen LogP contribution is -2.23. The molecule has 0 aromatic rings. The quantitative estimate of drug-likeness (QED) is 0.475. The van der Waals surface area contributed by atoms with Gasteiger partial charge in [0.25, 0.3) is 0 Å². The summed E-state index contributed by atoms with van der Waals surface area (Å²) in [5.74, 6) is 0. The largest absolute Gasteiger partial charge is 0.367 e. The van der Waals surface area contributed by atoms with Gasteiger partial charge in [0.15, 0.2) is 0 Å². The molecule has 2 heteroatoms. The third-order valence-electron chi connectivity index (χ3n) is 0.979. The van der Waals surface area contributed by atoms with Gasteiger partial charge in [-0.3, -0.25) is 0 Å². The predicted octanol–water partition coefficient (Wildman–Crippen LogP) is 0.498. The van der Waals surface area contributed by atoms with Crippen LogP contribution < -0.4 is 11.1 Å². The van der Waals surface area contributed by atoms with Crippen molar-refractivity contribution in [2.45, 2.75) is 6.92 Å². The van der Waals surface area contributed by atoms with Gasteiger partial charge in [0.2, 0.25) is 0 Å². The molecule has 1 radical (unpaired) electrons. The molecule has 0 amide bonds. The molecule has 1 aliphatic heterocycles. The molecule has 0 spiro atoms. The highest BCUT2D eigenvalue weighted by atomic mass is 15.0. The Kier molecular flexibility index (Phi) is 1.35. The summed E-state index contributed by atoms with van der Waals surface area (Å²) in [6, 6.07) is 0. The molecule has 0 saturated carbocycles. The molecule has 0 aliphatic carbocycles. The number of hydrogen-bond acceptors (Lipinski definition) is 2. The van der Waals surface area contributed by atoms with Crippen LogP contribution in [0.2, 0.25) is 0 Å². The van der Waals surface area contributed by atoms with E-state index < -0.39 is 0 Å². The first-order valence-electron chi connectivity index (χ1n) is 2.53. The van der Waals surface area contributed by atoms with Crippen molar-refractivity contribution < 1.29 is 0 Å². The molecule has 1 aliphatic rings. The van der Waals surface area contributed by atoms with Crippen molar-refractivity contribution in [1.29, 1.82) is 0 Å². The van der Waals surface area contributed by atoms with Crippen LogP contribution in [0, 0.1) is 6.17 Å². The van der Waals surface area contributed by atoms with Crippen molar-refractivity contribution >= 4 is 0 Å². The van der Waals surface area contributed by atoms with Gasteiger partial charge >= 0.3 is 0 Å². The summed E-state index contributed by atoms with van der Waals surface area (Å²) in [6.45, 7) is 2.00. The van der Waals surface area contributed by atoms with E-state index in [4.69, 9.17) is 5.73 Å². The van der Waals surface area contributed by atoms with Crippen molar-refractivity contribution in [3.63, 3.8) is 0 Å². The maximum atomic E-state index is 5.40. The van der Waals surface area contributed by atoms with Gasteiger partial charge in [-0.15, -0.1) is 0 Å². The Hall–Kier alpha value is -0.760. The molecule has 43 valence electrons. The van der Waals surface area contributed by atoms with E-state index in [1.807, 2.05) is 25.3 Å². The zero-order chi connectivity index (χ0) is 5.98. The van der Waals surface area contributed by atoms with Gasteiger partial charge in [-0.2, -0.15) is 0 Å². The maximum Gasteiger partial charge on any atom is 0.146 e. The summed E-state index contributed by atoms with van der Waals surface area (Å²) in [6.07, 6.45) is 6.39. The first kappa shape index (κ1) is 5.38. The summed E-state index contributed by atoms with van der Waals surface area (Å²) in [4.78, 5) is 0. The average molecular weight is 109 g/mol. The predicted molar refractivity (Wildman–Crippen MR) is 33.5 cm³/mol. The molecule has 0 aromatic carbocycles. The van der Waals surface area contributed by atoms with Gasteiger partial charge in [0, 0.05) is 0 Å². The topological polar surface area (TPSA) is 38.0 Å². The van der Waals surface area contributed by atoms with E-state index in [-0.39, 0.29) is 0 Å². The Bertz CT molecular complexity index is 135. The Balaban J connectivity index is 2.63. The lowest BCUT2D eigenvalue weighted by atomic mass is 10.2. The van der Waals surface area contributed by atoms with E-state index >= 15 is 0 Å². The summed E-state index contributed by atoms with van der Waals surface area (Å²) in [5, 5.41) is 2.85. The smallest absolute Gasteiger partial charge is 0.146 e. The fourth-order valence-corrected chi connectivity index (χ4v) is 0.604. The van der Waals surface area contributed by atoms with Gasteiger partial charge in [0.1, 0.15) is 6.17 Å². The molecule has 0 atom stereocenters. The summed E-state index contributed by atoms with van der Waals surface area (Å²) >= 11 is 0. The van der Waals surface area contributed by atoms with Crippen molar-refractivity contribution in [1.82, 2.24) is 5.32 Å². The standard InChI is InChI=1S/C6H9N2/c1-5-2-3-8-6(7)4-5/h2-4,8H,7H2,1H3. The van der Waals surface area contributed by atoms with Crippen LogP contribution in [0.5, 0.6) is 0 Å². The van der Waals surface area contributed by atoms with Crippen LogP contribution in [-0.4, -0.2) is 0 Å². The van der Waals surface area contributed by atoms with Crippen molar-refractivity contribution in [3.05, 3.63) is 30.1 Å². The molecule has 1 heterocycles. The van der Waals surface area contributed by atoms with Crippen molar-refractivity contribution in [2.24, 2.45) is 5.73 Å². The Morgan fingerprint density at radius 1 is 1.62 bits per heavy atom. The van der Waals surface area contributed by atoms with Crippen molar-refractivity contribution in [3.8, 4) is 0 Å². The van der Waals surface area contributed by atoms with Crippen LogP contribution in [0.3, 0.4) is 0 Å². The van der Waals surface area contributed by atoms with E-state index in [0.29, 0.717) is 6.17 Å². The van der Waals surface area contributed by atoms with Crippen LogP contribution in [0.25, 0.3) is 0 Å². The highest BCUT2D eigenvalue weighted by molar-refractivity contribution is 5.27. The second-order valence-corrected chi connectivity index (χ2v) is 1.82. The van der Waals surface area contributed by atoms with E-state index in [1.165, 1.54) is 5.57 Å². The third kappa shape index (κ3) is 1.10. The fraction of sp³-hybridized carbons (Fsp3) is 0.167. The summed E-state index contributed by atoms with van der Waals surface area (Å²) in [5.41, 5.74) is 6.58. The fourth-order valence-electron chi connectivity index (χ4n) is 0.604. The molecule has 3 N–H and O–H groups in total. The molecule has 8 heavy (non-hydrogen) atoms. The molecule has 0 saturated heterocycles. The van der Waals surface area contributed by atoms with Gasteiger partial charge < -0.3 is 11.1 Å². The minimum absolute atomic E-state index is 0.713. The first-order valence-corrected chi connectivity index (χ1v) is 2.53. The highest BCUT2D eigenvalue weighted by Gasteiger charge is 1.98. The zero-order valence-corrected chi connectivity index (χ0v) is 4.81. The first-order chi connectivity index (χ1) is 3.79. The number of allylic oxidation sites excluding steroid dienone is 2. The Morgan fingerprint density at radius 2 is 2.38 bits per heavy atom. The van der Waals surface area contributed by atoms with Crippen LogP contribution in [0.1, 0.15) is 6.92 Å².